The van der Waals surface area contributed by atoms with Crippen LogP contribution in [0.2, 0.25) is 0 Å². The Kier molecular flexibility index (Phi) is 3.98. The van der Waals surface area contributed by atoms with Crippen molar-refractivity contribution >= 4 is 0 Å². The lowest BCUT2D eigenvalue weighted by molar-refractivity contribution is -0.151. The SMILES string of the molecule is CC(CCNC1CC1)N(CC(F)(F)F)C1CC1. The van der Waals surface area contributed by atoms with Gasteiger partial charge in [-0.05, 0) is 45.6 Å². The highest BCUT2D eigenvalue weighted by atomic mass is 19.4. The molecule has 5 heteroatoms. The Morgan fingerprint density at radius 1 is 1.24 bits per heavy atom. The fourth-order valence-electron chi connectivity index (χ4n) is 2.21. The normalized spacial score (nSPS) is 23.1. The van der Waals surface area contributed by atoms with Crippen molar-refractivity contribution in [3.05, 3.63) is 0 Å². The average molecular weight is 250 g/mol. The molecule has 2 nitrogen and oxygen atoms in total. The summed E-state index contributed by atoms with van der Waals surface area (Å²) in [6.07, 6.45) is 1.04. The summed E-state index contributed by atoms with van der Waals surface area (Å²) in [6, 6.07) is 0.835. The Balaban J connectivity index is 1.73. The minimum Gasteiger partial charge on any atom is -0.314 e. The predicted octanol–water partition coefficient (Wildman–Crippen LogP) is 2.54. The number of hydrogen-bond acceptors (Lipinski definition) is 2. The Morgan fingerprint density at radius 2 is 1.88 bits per heavy atom. The van der Waals surface area contributed by atoms with E-state index in [0.717, 1.165) is 25.8 Å². The summed E-state index contributed by atoms with van der Waals surface area (Å²) in [5, 5.41) is 3.36. The molecule has 2 aliphatic rings. The number of nitrogens with one attached hydrogen (secondary N) is 1. The lowest BCUT2D eigenvalue weighted by Gasteiger charge is -2.30. The Bertz CT molecular complexity index is 247. The molecule has 0 amide bonds. The molecule has 1 N–H and O–H groups in total. The van der Waals surface area contributed by atoms with Gasteiger partial charge in [0.1, 0.15) is 0 Å². The summed E-state index contributed by atoms with van der Waals surface area (Å²) >= 11 is 0. The van der Waals surface area contributed by atoms with Crippen LogP contribution in [-0.2, 0) is 0 Å². The number of hydrogen-bond donors (Lipinski definition) is 1. The van der Waals surface area contributed by atoms with E-state index in [2.05, 4.69) is 5.32 Å². The Labute approximate surface area is 101 Å². The van der Waals surface area contributed by atoms with Crippen LogP contribution in [0.3, 0.4) is 0 Å². The molecule has 1 atom stereocenters. The topological polar surface area (TPSA) is 15.3 Å². The van der Waals surface area contributed by atoms with Gasteiger partial charge >= 0.3 is 6.18 Å². The van der Waals surface area contributed by atoms with Crippen molar-refractivity contribution in [2.45, 2.75) is 63.3 Å². The van der Waals surface area contributed by atoms with Crippen molar-refractivity contribution in [1.29, 1.82) is 0 Å². The van der Waals surface area contributed by atoms with Gasteiger partial charge in [0.2, 0.25) is 0 Å². The van der Waals surface area contributed by atoms with Gasteiger partial charge in [-0.2, -0.15) is 13.2 Å². The zero-order valence-electron chi connectivity index (χ0n) is 10.3. The molecular weight excluding hydrogens is 229 g/mol. The first kappa shape index (κ1) is 13.1. The van der Waals surface area contributed by atoms with Crippen molar-refractivity contribution < 1.29 is 13.2 Å². The second-order valence-corrected chi connectivity index (χ2v) is 5.38. The number of halogens is 3. The number of rotatable bonds is 7. The quantitative estimate of drug-likeness (QED) is 0.747. The van der Waals surface area contributed by atoms with E-state index in [1.54, 1.807) is 4.90 Å². The van der Waals surface area contributed by atoms with E-state index < -0.39 is 12.7 Å². The standard InChI is InChI=1S/C12H21F3N2/c1-9(6-7-16-10-2-3-10)17(11-4-5-11)8-12(13,14)15/h9-11,16H,2-8H2,1H3. The number of alkyl halides is 3. The maximum Gasteiger partial charge on any atom is 0.401 e. The maximum atomic E-state index is 12.5. The molecule has 0 spiro atoms. The largest absolute Gasteiger partial charge is 0.401 e. The van der Waals surface area contributed by atoms with Crippen LogP contribution in [-0.4, -0.2) is 42.3 Å². The van der Waals surface area contributed by atoms with Crippen LogP contribution >= 0.6 is 0 Å². The van der Waals surface area contributed by atoms with Crippen LogP contribution in [0.25, 0.3) is 0 Å². The third kappa shape index (κ3) is 4.84. The summed E-state index contributed by atoms with van der Waals surface area (Å²) in [5.41, 5.74) is 0. The third-order valence-electron chi connectivity index (χ3n) is 3.52. The monoisotopic (exact) mass is 250 g/mol. The van der Waals surface area contributed by atoms with E-state index in [-0.39, 0.29) is 12.1 Å². The summed E-state index contributed by atoms with van der Waals surface area (Å²) in [4.78, 5) is 1.63. The molecule has 0 aromatic heterocycles. The Hall–Kier alpha value is -0.290. The van der Waals surface area contributed by atoms with Crippen LogP contribution in [0.5, 0.6) is 0 Å². The van der Waals surface area contributed by atoms with Crippen LogP contribution in [0.4, 0.5) is 13.2 Å². The van der Waals surface area contributed by atoms with E-state index in [1.807, 2.05) is 6.92 Å². The Morgan fingerprint density at radius 3 is 2.35 bits per heavy atom. The van der Waals surface area contributed by atoms with Crippen molar-refractivity contribution in [2.75, 3.05) is 13.1 Å². The van der Waals surface area contributed by atoms with Gasteiger partial charge in [-0.1, -0.05) is 0 Å². The zero-order chi connectivity index (χ0) is 12.5. The highest BCUT2D eigenvalue weighted by molar-refractivity contribution is 4.89. The molecule has 2 aliphatic carbocycles. The van der Waals surface area contributed by atoms with Crippen molar-refractivity contribution in [2.24, 2.45) is 0 Å². The first-order valence-electron chi connectivity index (χ1n) is 6.51. The van der Waals surface area contributed by atoms with Crippen molar-refractivity contribution in [1.82, 2.24) is 10.2 Å². The lowest BCUT2D eigenvalue weighted by atomic mass is 10.2. The molecule has 2 fully saturated rings. The predicted molar refractivity (Wildman–Crippen MR) is 60.9 cm³/mol. The summed E-state index contributed by atoms with van der Waals surface area (Å²) in [7, 11) is 0. The van der Waals surface area contributed by atoms with Crippen LogP contribution in [0.15, 0.2) is 0 Å². The molecule has 0 aromatic rings. The molecule has 100 valence electrons. The molecule has 0 saturated heterocycles. The van der Waals surface area contributed by atoms with Gasteiger partial charge in [0.25, 0.3) is 0 Å². The van der Waals surface area contributed by atoms with E-state index in [1.165, 1.54) is 12.8 Å². The molecule has 0 radical (unpaired) electrons. The molecule has 17 heavy (non-hydrogen) atoms. The number of nitrogens with zero attached hydrogens (tertiary/aromatic N) is 1. The van der Waals surface area contributed by atoms with E-state index >= 15 is 0 Å². The molecule has 1 unspecified atom stereocenters. The van der Waals surface area contributed by atoms with Gasteiger partial charge in [-0.15, -0.1) is 0 Å². The van der Waals surface area contributed by atoms with Crippen LogP contribution < -0.4 is 5.32 Å². The van der Waals surface area contributed by atoms with Gasteiger partial charge in [0.05, 0.1) is 6.54 Å². The first-order valence-corrected chi connectivity index (χ1v) is 6.51. The highest BCUT2D eigenvalue weighted by Gasteiger charge is 2.40. The molecule has 0 heterocycles. The third-order valence-corrected chi connectivity index (χ3v) is 3.52. The minimum absolute atomic E-state index is 0.0235. The summed E-state index contributed by atoms with van der Waals surface area (Å²) in [5.74, 6) is 0. The molecular formula is C12H21F3N2. The van der Waals surface area contributed by atoms with E-state index in [9.17, 15) is 13.2 Å². The van der Waals surface area contributed by atoms with Crippen molar-refractivity contribution in [3.63, 3.8) is 0 Å². The van der Waals surface area contributed by atoms with Gasteiger partial charge in [0.15, 0.2) is 0 Å². The van der Waals surface area contributed by atoms with Crippen LogP contribution in [0.1, 0.15) is 39.0 Å². The fraction of sp³-hybridized carbons (Fsp3) is 1.00. The summed E-state index contributed by atoms with van der Waals surface area (Å²) in [6.45, 7) is 2.01. The van der Waals surface area contributed by atoms with Crippen LogP contribution in [0, 0.1) is 0 Å². The highest BCUT2D eigenvalue weighted by Crippen LogP contribution is 2.32. The maximum absolute atomic E-state index is 12.5. The first-order chi connectivity index (χ1) is 7.96. The molecule has 0 aliphatic heterocycles. The lowest BCUT2D eigenvalue weighted by Crippen LogP contribution is -2.43. The van der Waals surface area contributed by atoms with Gasteiger partial charge in [-0.3, -0.25) is 4.90 Å². The molecule has 0 aromatic carbocycles. The molecule has 2 saturated carbocycles. The van der Waals surface area contributed by atoms with Crippen molar-refractivity contribution in [3.8, 4) is 0 Å². The second kappa shape index (κ2) is 5.14. The summed E-state index contributed by atoms with van der Waals surface area (Å²) < 4.78 is 37.4. The minimum atomic E-state index is -4.07. The van der Waals surface area contributed by atoms with E-state index in [0.29, 0.717) is 6.04 Å². The van der Waals surface area contributed by atoms with E-state index in [4.69, 9.17) is 0 Å². The zero-order valence-corrected chi connectivity index (χ0v) is 10.3. The second-order valence-electron chi connectivity index (χ2n) is 5.38. The van der Waals surface area contributed by atoms with Gasteiger partial charge in [0, 0.05) is 18.1 Å². The van der Waals surface area contributed by atoms with Gasteiger partial charge < -0.3 is 5.32 Å². The molecule has 0 bridgehead atoms. The smallest absolute Gasteiger partial charge is 0.314 e. The fourth-order valence-corrected chi connectivity index (χ4v) is 2.21. The van der Waals surface area contributed by atoms with Gasteiger partial charge in [-0.25, -0.2) is 0 Å². The molecule has 2 rings (SSSR count). The average Bonchev–Trinajstić information content (AvgIpc) is 3.05.